The third kappa shape index (κ3) is 1.93. The van der Waals surface area contributed by atoms with Gasteiger partial charge in [-0.2, -0.15) is 9.78 Å². The average Bonchev–Trinajstić information content (AvgIpc) is 2.81. The minimum absolute atomic E-state index is 0.0804. The second kappa shape index (κ2) is 4.16. The van der Waals surface area contributed by atoms with Gasteiger partial charge < -0.3 is 5.73 Å². The van der Waals surface area contributed by atoms with Gasteiger partial charge in [0, 0.05) is 11.1 Å². The topological polar surface area (TPSA) is 93.5 Å². The van der Waals surface area contributed by atoms with Crippen LogP contribution in [0.5, 0.6) is 0 Å². The summed E-state index contributed by atoms with van der Waals surface area (Å²) in [7, 11) is 0. The van der Waals surface area contributed by atoms with Crippen LogP contribution in [0.1, 0.15) is 11.4 Å². The van der Waals surface area contributed by atoms with Gasteiger partial charge in [-0.25, -0.2) is 9.97 Å². The van der Waals surface area contributed by atoms with Crippen LogP contribution >= 0.6 is 0 Å². The highest BCUT2D eigenvalue weighted by molar-refractivity contribution is 5.93. The number of hydrogen-bond acceptors (Lipinski definition) is 4. The predicted molar refractivity (Wildman–Crippen MR) is 72.4 cm³/mol. The predicted octanol–water partition coefficient (Wildman–Crippen LogP) is 1.41. The van der Waals surface area contributed by atoms with Gasteiger partial charge >= 0.3 is 0 Å². The molecule has 0 spiro atoms. The number of aryl methyl sites for hydroxylation is 1. The Morgan fingerprint density at radius 1 is 1.26 bits per heavy atom. The molecule has 0 radical (unpaired) electrons. The number of nitrogens with one attached hydrogen (secondary N) is 1. The van der Waals surface area contributed by atoms with Gasteiger partial charge in [-0.3, -0.25) is 5.41 Å². The van der Waals surface area contributed by atoms with E-state index in [4.69, 9.17) is 11.1 Å². The van der Waals surface area contributed by atoms with E-state index in [1.54, 1.807) is 16.9 Å². The molecule has 0 unspecified atom stereocenters. The monoisotopic (exact) mass is 252 g/mol. The molecule has 3 N–H and O–H groups in total. The van der Waals surface area contributed by atoms with E-state index in [-0.39, 0.29) is 5.84 Å². The van der Waals surface area contributed by atoms with E-state index in [1.165, 1.54) is 0 Å². The van der Waals surface area contributed by atoms with E-state index >= 15 is 0 Å². The van der Waals surface area contributed by atoms with Crippen LogP contribution < -0.4 is 5.73 Å². The second-order valence-corrected chi connectivity index (χ2v) is 4.22. The van der Waals surface area contributed by atoms with Gasteiger partial charge in [0.15, 0.2) is 0 Å². The van der Waals surface area contributed by atoms with Gasteiger partial charge in [-0.05, 0) is 19.1 Å². The van der Waals surface area contributed by atoms with Crippen molar-refractivity contribution >= 4 is 16.7 Å². The molecule has 0 bridgehead atoms. The average molecular weight is 252 g/mol. The molecule has 0 amide bonds. The molecule has 2 heterocycles. The van der Waals surface area contributed by atoms with Crippen molar-refractivity contribution in [2.45, 2.75) is 6.92 Å². The fourth-order valence-corrected chi connectivity index (χ4v) is 1.92. The van der Waals surface area contributed by atoms with Crippen LogP contribution in [-0.2, 0) is 0 Å². The number of nitrogens with two attached hydrogens (primary N) is 1. The summed E-state index contributed by atoms with van der Waals surface area (Å²) in [6.07, 6.45) is 1.76. The van der Waals surface area contributed by atoms with Crippen molar-refractivity contribution in [2.75, 3.05) is 0 Å². The first-order chi connectivity index (χ1) is 9.15. The Hall–Kier alpha value is -2.76. The molecule has 0 aliphatic heterocycles. The minimum Gasteiger partial charge on any atom is -0.382 e. The number of benzene rings is 1. The van der Waals surface area contributed by atoms with Crippen LogP contribution in [-0.4, -0.2) is 25.6 Å². The molecular weight excluding hydrogens is 240 g/mol. The van der Waals surface area contributed by atoms with E-state index in [1.807, 2.05) is 31.2 Å². The molecule has 6 heteroatoms. The molecule has 94 valence electrons. The summed E-state index contributed by atoms with van der Waals surface area (Å²) in [6.45, 7) is 1.84. The maximum absolute atomic E-state index is 7.47. The second-order valence-electron chi connectivity index (χ2n) is 4.22. The first-order valence-electron chi connectivity index (χ1n) is 5.78. The third-order valence-corrected chi connectivity index (χ3v) is 2.79. The third-order valence-electron chi connectivity index (χ3n) is 2.79. The Kier molecular flexibility index (Phi) is 2.49. The molecule has 3 rings (SSSR count). The quantitative estimate of drug-likeness (QED) is 0.532. The Labute approximate surface area is 109 Å². The van der Waals surface area contributed by atoms with Crippen molar-refractivity contribution in [2.24, 2.45) is 5.73 Å². The number of hydrogen-bond donors (Lipinski definition) is 2. The van der Waals surface area contributed by atoms with Crippen LogP contribution in [0.15, 0.2) is 36.5 Å². The lowest BCUT2D eigenvalue weighted by Gasteiger charge is -2.05. The number of para-hydroxylation sites is 1. The van der Waals surface area contributed by atoms with Crippen molar-refractivity contribution in [3.05, 3.63) is 47.9 Å². The van der Waals surface area contributed by atoms with E-state index in [9.17, 15) is 0 Å². The highest BCUT2D eigenvalue weighted by Crippen LogP contribution is 2.16. The van der Waals surface area contributed by atoms with Gasteiger partial charge in [0.05, 0.1) is 11.7 Å². The molecule has 0 atom stereocenters. The van der Waals surface area contributed by atoms with Crippen molar-refractivity contribution in [3.8, 4) is 5.95 Å². The number of aromatic nitrogens is 4. The number of nitrogens with zero attached hydrogens (tertiary/aromatic N) is 4. The maximum Gasteiger partial charge on any atom is 0.252 e. The van der Waals surface area contributed by atoms with Gasteiger partial charge in [0.1, 0.15) is 11.5 Å². The lowest BCUT2D eigenvalue weighted by molar-refractivity contribution is 0.822. The van der Waals surface area contributed by atoms with Crippen LogP contribution in [0.4, 0.5) is 0 Å². The van der Waals surface area contributed by atoms with Crippen LogP contribution in [0.25, 0.3) is 16.9 Å². The zero-order valence-corrected chi connectivity index (χ0v) is 10.3. The zero-order valence-electron chi connectivity index (χ0n) is 10.3. The standard InChI is InChI=1S/C13H12N6/c1-8-6-10(12(14)15)18-13(17-8)19-11-5-3-2-4-9(11)7-16-19/h2-7H,1H3,(H3,14,15). The summed E-state index contributed by atoms with van der Waals surface area (Å²) in [6, 6.07) is 9.48. The summed E-state index contributed by atoms with van der Waals surface area (Å²) in [5, 5.41) is 12.8. The summed E-state index contributed by atoms with van der Waals surface area (Å²) in [5.74, 6) is 0.342. The minimum atomic E-state index is -0.0804. The normalized spacial score (nSPS) is 10.8. The van der Waals surface area contributed by atoms with Crippen LogP contribution in [0, 0.1) is 12.3 Å². The molecule has 0 saturated carbocycles. The summed E-state index contributed by atoms with van der Waals surface area (Å²) in [5.41, 5.74) is 7.55. The van der Waals surface area contributed by atoms with Crippen LogP contribution in [0.2, 0.25) is 0 Å². The van der Waals surface area contributed by atoms with Crippen LogP contribution in [0.3, 0.4) is 0 Å². The fourth-order valence-electron chi connectivity index (χ4n) is 1.92. The molecule has 3 aromatic rings. The van der Waals surface area contributed by atoms with Crippen molar-refractivity contribution < 1.29 is 0 Å². The van der Waals surface area contributed by atoms with Gasteiger partial charge in [0.2, 0.25) is 0 Å². The lowest BCUT2D eigenvalue weighted by atomic mass is 10.2. The lowest BCUT2D eigenvalue weighted by Crippen LogP contribution is -2.16. The number of nitrogen functional groups attached to an aromatic ring is 1. The molecule has 0 fully saturated rings. The molecule has 19 heavy (non-hydrogen) atoms. The van der Waals surface area contributed by atoms with Gasteiger partial charge in [-0.1, -0.05) is 18.2 Å². The van der Waals surface area contributed by atoms with Crippen molar-refractivity contribution in [3.63, 3.8) is 0 Å². The summed E-state index contributed by atoms with van der Waals surface area (Å²) in [4.78, 5) is 8.61. The SMILES string of the molecule is Cc1cc(C(=N)N)nc(-n2ncc3ccccc32)n1. The Bertz CT molecular complexity index is 774. The fraction of sp³-hybridized carbons (Fsp3) is 0.0769. The van der Waals surface area contributed by atoms with E-state index in [2.05, 4.69) is 15.1 Å². The van der Waals surface area contributed by atoms with Crippen molar-refractivity contribution in [1.29, 1.82) is 5.41 Å². The largest absolute Gasteiger partial charge is 0.382 e. The molecule has 2 aromatic heterocycles. The number of rotatable bonds is 2. The van der Waals surface area contributed by atoms with E-state index in [0.29, 0.717) is 11.6 Å². The number of fused-ring (bicyclic) bond motifs is 1. The smallest absolute Gasteiger partial charge is 0.252 e. The first kappa shape index (κ1) is 11.3. The summed E-state index contributed by atoms with van der Waals surface area (Å²) >= 11 is 0. The molecule has 6 nitrogen and oxygen atoms in total. The Morgan fingerprint density at radius 3 is 2.84 bits per heavy atom. The van der Waals surface area contributed by atoms with E-state index in [0.717, 1.165) is 16.6 Å². The number of amidine groups is 1. The molecule has 0 saturated heterocycles. The Morgan fingerprint density at radius 2 is 2.05 bits per heavy atom. The summed E-state index contributed by atoms with van der Waals surface area (Å²) < 4.78 is 1.65. The molecule has 1 aromatic carbocycles. The van der Waals surface area contributed by atoms with Crippen molar-refractivity contribution in [1.82, 2.24) is 19.7 Å². The zero-order chi connectivity index (χ0) is 13.4. The first-order valence-corrected chi connectivity index (χ1v) is 5.78. The maximum atomic E-state index is 7.47. The Balaban J connectivity index is 2.24. The molecule has 0 aliphatic rings. The molecular formula is C13H12N6. The van der Waals surface area contributed by atoms with Gasteiger partial charge in [0.25, 0.3) is 5.95 Å². The molecule has 0 aliphatic carbocycles. The van der Waals surface area contributed by atoms with Gasteiger partial charge in [-0.15, -0.1) is 0 Å². The van der Waals surface area contributed by atoms with E-state index < -0.39 is 0 Å². The highest BCUT2D eigenvalue weighted by Gasteiger charge is 2.10. The highest BCUT2D eigenvalue weighted by atomic mass is 15.3.